The molecule has 2 nitrogen and oxygen atoms in total. The number of halogens is 1. The fourth-order valence-electron chi connectivity index (χ4n) is 2.64. The van der Waals surface area contributed by atoms with Gasteiger partial charge in [0, 0.05) is 29.7 Å². The lowest BCUT2D eigenvalue weighted by atomic mass is 10.1. The highest BCUT2D eigenvalue weighted by molar-refractivity contribution is 5.96. The Morgan fingerprint density at radius 3 is 2.57 bits per heavy atom. The van der Waals surface area contributed by atoms with Gasteiger partial charge in [-0.15, -0.1) is 0 Å². The number of para-hydroxylation sites is 1. The smallest absolute Gasteiger partial charge is 0.164 e. The minimum Gasteiger partial charge on any atom is -0.344 e. The normalized spacial score (nSPS) is 11.0. The third-order valence-corrected chi connectivity index (χ3v) is 3.75. The molecule has 0 saturated carbocycles. The quantitative estimate of drug-likeness (QED) is 0.651. The highest BCUT2D eigenvalue weighted by Gasteiger charge is 2.09. The van der Waals surface area contributed by atoms with Crippen molar-refractivity contribution < 1.29 is 9.18 Å². The first-order valence-corrected chi connectivity index (χ1v) is 6.99. The van der Waals surface area contributed by atoms with Crippen LogP contribution in [0.2, 0.25) is 0 Å². The fraction of sp³-hybridized carbons (Fsp3) is 0.167. The molecule has 1 heterocycles. The lowest BCUT2D eigenvalue weighted by Crippen LogP contribution is -2.07. The molecule has 0 aliphatic rings. The summed E-state index contributed by atoms with van der Waals surface area (Å²) in [4.78, 5) is 12.2. The van der Waals surface area contributed by atoms with Crippen LogP contribution in [0.3, 0.4) is 0 Å². The molecule has 0 spiro atoms. The molecule has 21 heavy (non-hydrogen) atoms. The zero-order valence-corrected chi connectivity index (χ0v) is 11.8. The van der Waals surface area contributed by atoms with Gasteiger partial charge in [-0.05, 0) is 48.7 Å². The van der Waals surface area contributed by atoms with Crippen molar-refractivity contribution in [2.75, 3.05) is 0 Å². The van der Waals surface area contributed by atoms with E-state index in [4.69, 9.17) is 0 Å². The summed E-state index contributed by atoms with van der Waals surface area (Å²) in [5, 5.41) is 1.18. The van der Waals surface area contributed by atoms with Crippen LogP contribution in [-0.4, -0.2) is 10.4 Å². The third kappa shape index (κ3) is 2.72. The Hall–Kier alpha value is -2.42. The first kappa shape index (κ1) is 13.6. The summed E-state index contributed by atoms with van der Waals surface area (Å²) < 4.78 is 15.0. The molecule has 0 unspecified atom stereocenters. The topological polar surface area (TPSA) is 22.0 Å². The van der Waals surface area contributed by atoms with Crippen LogP contribution in [0, 0.1) is 12.7 Å². The van der Waals surface area contributed by atoms with Gasteiger partial charge in [0.15, 0.2) is 5.78 Å². The minimum absolute atomic E-state index is 0.0344. The van der Waals surface area contributed by atoms with Crippen molar-refractivity contribution in [3.05, 3.63) is 71.7 Å². The van der Waals surface area contributed by atoms with Gasteiger partial charge in [0.05, 0.1) is 0 Å². The Kier molecular flexibility index (Phi) is 3.57. The second-order valence-corrected chi connectivity index (χ2v) is 5.18. The van der Waals surface area contributed by atoms with Crippen molar-refractivity contribution in [1.29, 1.82) is 0 Å². The molecule has 0 atom stereocenters. The number of carbonyl (C=O) groups excluding carboxylic acids is 1. The molecule has 1 aromatic heterocycles. The van der Waals surface area contributed by atoms with Gasteiger partial charge < -0.3 is 4.57 Å². The molecule has 2 aromatic carbocycles. The van der Waals surface area contributed by atoms with Gasteiger partial charge in [0.2, 0.25) is 0 Å². The Morgan fingerprint density at radius 1 is 1.10 bits per heavy atom. The Morgan fingerprint density at radius 2 is 1.81 bits per heavy atom. The van der Waals surface area contributed by atoms with E-state index in [0.717, 1.165) is 11.2 Å². The van der Waals surface area contributed by atoms with Crippen molar-refractivity contribution in [3.63, 3.8) is 0 Å². The van der Waals surface area contributed by atoms with Crippen molar-refractivity contribution >= 4 is 16.7 Å². The van der Waals surface area contributed by atoms with Gasteiger partial charge in [-0.2, -0.15) is 0 Å². The van der Waals surface area contributed by atoms with Crippen LogP contribution in [0.4, 0.5) is 4.39 Å². The molecule has 0 aliphatic heterocycles. The number of benzene rings is 2. The number of nitrogens with zero attached hydrogens (tertiary/aromatic N) is 1. The van der Waals surface area contributed by atoms with Crippen molar-refractivity contribution in [1.82, 2.24) is 4.57 Å². The van der Waals surface area contributed by atoms with Crippen LogP contribution < -0.4 is 0 Å². The van der Waals surface area contributed by atoms with Crippen LogP contribution in [0.5, 0.6) is 0 Å². The van der Waals surface area contributed by atoms with E-state index < -0.39 is 0 Å². The molecule has 0 aliphatic carbocycles. The number of Topliss-reactive ketones (excluding diaryl/α,β-unsaturated/α-hetero) is 1. The molecule has 0 saturated heterocycles. The molecule has 3 heteroatoms. The highest BCUT2D eigenvalue weighted by Crippen LogP contribution is 2.20. The summed E-state index contributed by atoms with van der Waals surface area (Å²) in [5.41, 5.74) is 2.84. The maximum absolute atomic E-state index is 12.9. The fourth-order valence-corrected chi connectivity index (χ4v) is 2.64. The van der Waals surface area contributed by atoms with E-state index in [0.29, 0.717) is 18.5 Å². The van der Waals surface area contributed by atoms with Gasteiger partial charge in [0.1, 0.15) is 5.82 Å². The van der Waals surface area contributed by atoms with Crippen LogP contribution in [0.15, 0.2) is 54.6 Å². The second-order valence-electron chi connectivity index (χ2n) is 5.18. The van der Waals surface area contributed by atoms with E-state index in [2.05, 4.69) is 22.8 Å². The first-order valence-electron chi connectivity index (χ1n) is 6.99. The number of fused-ring (bicyclic) bond motifs is 1. The maximum Gasteiger partial charge on any atom is 0.164 e. The van der Waals surface area contributed by atoms with Crippen LogP contribution in [0.25, 0.3) is 10.9 Å². The number of hydrogen-bond donors (Lipinski definition) is 0. The summed E-state index contributed by atoms with van der Waals surface area (Å²) in [7, 11) is 0. The van der Waals surface area contributed by atoms with Gasteiger partial charge in [-0.1, -0.05) is 18.2 Å². The van der Waals surface area contributed by atoms with E-state index in [9.17, 15) is 9.18 Å². The SMILES string of the molecule is Cc1cc2ccccc2n1CCC(=O)c1ccc(F)cc1. The number of rotatable bonds is 4. The van der Waals surface area contributed by atoms with Gasteiger partial charge >= 0.3 is 0 Å². The molecular weight excluding hydrogens is 265 g/mol. The van der Waals surface area contributed by atoms with E-state index in [1.165, 1.54) is 29.7 Å². The molecule has 0 radical (unpaired) electrons. The highest BCUT2D eigenvalue weighted by atomic mass is 19.1. The molecular formula is C18H16FNO. The zero-order valence-electron chi connectivity index (χ0n) is 11.8. The van der Waals surface area contributed by atoms with Gasteiger partial charge in [-0.25, -0.2) is 4.39 Å². The second kappa shape index (κ2) is 5.52. The monoisotopic (exact) mass is 281 g/mol. The molecule has 0 amide bonds. The summed E-state index contributed by atoms with van der Waals surface area (Å²) >= 11 is 0. The van der Waals surface area contributed by atoms with Crippen molar-refractivity contribution in [2.45, 2.75) is 19.9 Å². The largest absolute Gasteiger partial charge is 0.344 e. The summed E-state index contributed by atoms with van der Waals surface area (Å²) in [6.07, 6.45) is 0.408. The Bertz CT molecular complexity index is 787. The number of aromatic nitrogens is 1. The lowest BCUT2D eigenvalue weighted by Gasteiger charge is -2.08. The summed E-state index contributed by atoms with van der Waals surface area (Å²) in [5.74, 6) is -0.286. The number of aryl methyl sites for hydroxylation is 2. The Balaban J connectivity index is 1.79. The van der Waals surface area contributed by atoms with Crippen molar-refractivity contribution in [2.24, 2.45) is 0 Å². The molecule has 3 aromatic rings. The Labute approximate surface area is 122 Å². The zero-order chi connectivity index (χ0) is 14.8. The third-order valence-electron chi connectivity index (χ3n) is 3.75. The molecule has 0 fully saturated rings. The summed E-state index contributed by atoms with van der Waals surface area (Å²) in [6, 6.07) is 16.0. The lowest BCUT2D eigenvalue weighted by molar-refractivity contribution is 0.0977. The van der Waals surface area contributed by atoms with Crippen LogP contribution >= 0.6 is 0 Å². The van der Waals surface area contributed by atoms with E-state index >= 15 is 0 Å². The number of ketones is 1. The predicted molar refractivity (Wildman–Crippen MR) is 82.0 cm³/mol. The molecule has 3 rings (SSSR count). The standard InChI is InChI=1S/C18H16FNO/c1-13-12-15-4-2-3-5-17(15)20(13)11-10-18(21)14-6-8-16(19)9-7-14/h2-9,12H,10-11H2,1H3. The summed E-state index contributed by atoms with van der Waals surface area (Å²) in [6.45, 7) is 2.68. The minimum atomic E-state index is -0.321. The molecule has 0 bridgehead atoms. The number of carbonyl (C=O) groups is 1. The molecule has 0 N–H and O–H groups in total. The average Bonchev–Trinajstić information content (AvgIpc) is 2.81. The van der Waals surface area contributed by atoms with Crippen molar-refractivity contribution in [3.8, 4) is 0 Å². The van der Waals surface area contributed by atoms with Gasteiger partial charge in [-0.3, -0.25) is 4.79 Å². The van der Waals surface area contributed by atoms with Crippen LogP contribution in [-0.2, 0) is 6.54 Å². The number of hydrogen-bond acceptors (Lipinski definition) is 1. The van der Waals surface area contributed by atoms with E-state index in [1.807, 2.05) is 19.1 Å². The maximum atomic E-state index is 12.9. The average molecular weight is 281 g/mol. The van der Waals surface area contributed by atoms with Crippen LogP contribution in [0.1, 0.15) is 22.5 Å². The van der Waals surface area contributed by atoms with E-state index in [-0.39, 0.29) is 11.6 Å². The molecule has 106 valence electrons. The first-order chi connectivity index (χ1) is 10.1. The van der Waals surface area contributed by atoms with E-state index in [1.54, 1.807) is 0 Å². The van der Waals surface area contributed by atoms with Gasteiger partial charge in [0.25, 0.3) is 0 Å². The predicted octanol–water partition coefficient (Wildman–Crippen LogP) is 4.36.